The van der Waals surface area contributed by atoms with Crippen molar-refractivity contribution >= 4 is 23.3 Å². The average Bonchev–Trinajstić information content (AvgIpc) is 3.06. The first-order valence-corrected chi connectivity index (χ1v) is 9.34. The molecular formula is C21H25N3O3. The molecule has 2 aromatic rings. The van der Waals surface area contributed by atoms with E-state index in [0.717, 1.165) is 29.8 Å². The maximum atomic E-state index is 12.5. The van der Waals surface area contributed by atoms with Crippen LogP contribution in [0.5, 0.6) is 5.75 Å². The number of nitrogens with one attached hydrogen (secondary N) is 1. The molecule has 1 atom stereocenters. The Balaban J connectivity index is 1.61. The van der Waals surface area contributed by atoms with Gasteiger partial charge in [-0.2, -0.15) is 0 Å². The Morgan fingerprint density at radius 2 is 2.07 bits per heavy atom. The second-order valence-corrected chi connectivity index (χ2v) is 6.76. The van der Waals surface area contributed by atoms with E-state index in [9.17, 15) is 9.59 Å². The zero-order chi connectivity index (χ0) is 19.2. The number of aromatic nitrogens is 1. The van der Waals surface area contributed by atoms with Crippen LogP contribution >= 0.6 is 0 Å². The number of nitrogens with zero attached hydrogens (tertiary/aromatic N) is 2. The van der Waals surface area contributed by atoms with Crippen molar-refractivity contribution in [3.63, 3.8) is 0 Å². The summed E-state index contributed by atoms with van der Waals surface area (Å²) < 4.78 is 5.65. The predicted octanol–water partition coefficient (Wildman–Crippen LogP) is 3.56. The van der Waals surface area contributed by atoms with Gasteiger partial charge in [0.05, 0.1) is 12.5 Å². The number of hydrogen-bond donors (Lipinski definition) is 1. The van der Waals surface area contributed by atoms with E-state index < -0.39 is 0 Å². The number of anilines is 2. The molecule has 6 heteroatoms. The molecule has 1 aromatic carbocycles. The quantitative estimate of drug-likeness (QED) is 0.760. The number of rotatable bonds is 7. The molecule has 0 aliphatic carbocycles. The highest BCUT2D eigenvalue weighted by Crippen LogP contribution is 2.27. The first kappa shape index (κ1) is 18.9. The minimum absolute atomic E-state index is 0.0486. The van der Waals surface area contributed by atoms with Crippen molar-refractivity contribution in [3.8, 4) is 5.75 Å². The molecule has 1 saturated heterocycles. The van der Waals surface area contributed by atoms with E-state index in [4.69, 9.17) is 4.74 Å². The molecule has 0 radical (unpaired) electrons. The van der Waals surface area contributed by atoms with E-state index in [1.165, 1.54) is 0 Å². The van der Waals surface area contributed by atoms with Gasteiger partial charge in [-0.3, -0.25) is 9.59 Å². The molecule has 1 aliphatic rings. The lowest BCUT2D eigenvalue weighted by molar-refractivity contribution is -0.122. The monoisotopic (exact) mass is 367 g/mol. The van der Waals surface area contributed by atoms with Crippen molar-refractivity contribution < 1.29 is 14.3 Å². The number of hydrogen-bond acceptors (Lipinski definition) is 4. The van der Waals surface area contributed by atoms with Crippen LogP contribution in [0.15, 0.2) is 42.6 Å². The number of benzene rings is 1. The Bertz CT molecular complexity index is 805. The van der Waals surface area contributed by atoms with E-state index >= 15 is 0 Å². The lowest BCUT2D eigenvalue weighted by atomic mass is 10.1. The molecule has 3 rings (SSSR count). The summed E-state index contributed by atoms with van der Waals surface area (Å²) in [5, 5.41) is 2.83. The molecule has 1 fully saturated rings. The summed E-state index contributed by atoms with van der Waals surface area (Å²) in [6.45, 7) is 5.06. The molecular weight excluding hydrogens is 342 g/mol. The Morgan fingerprint density at radius 1 is 1.30 bits per heavy atom. The van der Waals surface area contributed by atoms with Crippen LogP contribution in [0, 0.1) is 12.8 Å². The van der Waals surface area contributed by atoms with Crippen LogP contribution in [-0.2, 0) is 9.59 Å². The topological polar surface area (TPSA) is 71.5 Å². The number of carbonyl (C=O) groups is 2. The fourth-order valence-corrected chi connectivity index (χ4v) is 3.02. The van der Waals surface area contributed by atoms with Gasteiger partial charge in [-0.1, -0.05) is 19.4 Å². The maximum absolute atomic E-state index is 12.5. The van der Waals surface area contributed by atoms with Gasteiger partial charge in [0.2, 0.25) is 11.8 Å². The smallest absolute Gasteiger partial charge is 0.230 e. The second kappa shape index (κ2) is 8.66. The highest BCUT2D eigenvalue weighted by atomic mass is 16.5. The molecule has 2 amide bonds. The Labute approximate surface area is 159 Å². The SMILES string of the molecule is CCCCOc1ccc(N2C[C@@H](C(=O)Nc3ncccc3C)CC2=O)cc1. The molecule has 0 spiro atoms. The highest BCUT2D eigenvalue weighted by Gasteiger charge is 2.35. The van der Waals surface area contributed by atoms with Crippen LogP contribution in [-0.4, -0.2) is 29.9 Å². The van der Waals surface area contributed by atoms with Crippen LogP contribution in [0.2, 0.25) is 0 Å². The summed E-state index contributed by atoms with van der Waals surface area (Å²) in [6, 6.07) is 11.2. The third-order valence-corrected chi connectivity index (χ3v) is 4.66. The maximum Gasteiger partial charge on any atom is 0.230 e. The van der Waals surface area contributed by atoms with Crippen molar-refractivity contribution in [2.45, 2.75) is 33.1 Å². The molecule has 27 heavy (non-hydrogen) atoms. The van der Waals surface area contributed by atoms with Gasteiger partial charge in [-0.25, -0.2) is 4.98 Å². The summed E-state index contributed by atoms with van der Waals surface area (Å²) in [5.74, 6) is 0.722. The van der Waals surface area contributed by atoms with Gasteiger partial charge in [0.25, 0.3) is 0 Å². The molecule has 1 aromatic heterocycles. The van der Waals surface area contributed by atoms with Crippen LogP contribution in [0.4, 0.5) is 11.5 Å². The lowest BCUT2D eigenvalue weighted by Crippen LogP contribution is -2.28. The minimum Gasteiger partial charge on any atom is -0.494 e. The Hall–Kier alpha value is -2.89. The van der Waals surface area contributed by atoms with Crippen molar-refractivity contribution in [3.05, 3.63) is 48.2 Å². The van der Waals surface area contributed by atoms with E-state index in [-0.39, 0.29) is 24.2 Å². The Kier molecular flexibility index (Phi) is 6.06. The number of aryl methyl sites for hydroxylation is 1. The summed E-state index contributed by atoms with van der Waals surface area (Å²) in [7, 11) is 0. The molecule has 1 aliphatic heterocycles. The van der Waals surface area contributed by atoms with Gasteiger partial charge >= 0.3 is 0 Å². The zero-order valence-electron chi connectivity index (χ0n) is 15.8. The largest absolute Gasteiger partial charge is 0.494 e. The first-order chi connectivity index (χ1) is 13.1. The van der Waals surface area contributed by atoms with Crippen molar-refractivity contribution in [1.29, 1.82) is 0 Å². The van der Waals surface area contributed by atoms with Crippen LogP contribution < -0.4 is 15.0 Å². The van der Waals surface area contributed by atoms with Crippen LogP contribution in [0.3, 0.4) is 0 Å². The third kappa shape index (κ3) is 4.64. The number of ether oxygens (including phenoxy) is 1. The van der Waals surface area contributed by atoms with Crippen molar-refractivity contribution in [1.82, 2.24) is 4.98 Å². The summed E-state index contributed by atoms with van der Waals surface area (Å²) >= 11 is 0. The van der Waals surface area contributed by atoms with E-state index in [2.05, 4.69) is 17.2 Å². The third-order valence-electron chi connectivity index (χ3n) is 4.66. The van der Waals surface area contributed by atoms with E-state index in [0.29, 0.717) is 19.0 Å². The molecule has 0 unspecified atom stereocenters. The lowest BCUT2D eigenvalue weighted by Gasteiger charge is -2.17. The molecule has 0 bridgehead atoms. The summed E-state index contributed by atoms with van der Waals surface area (Å²) in [4.78, 5) is 30.8. The van der Waals surface area contributed by atoms with Gasteiger partial charge in [0.1, 0.15) is 11.6 Å². The van der Waals surface area contributed by atoms with Crippen molar-refractivity contribution in [2.24, 2.45) is 5.92 Å². The van der Waals surface area contributed by atoms with Gasteiger partial charge in [0, 0.05) is 24.8 Å². The van der Waals surface area contributed by atoms with Gasteiger partial charge in [-0.05, 0) is 49.2 Å². The number of amides is 2. The Morgan fingerprint density at radius 3 is 2.78 bits per heavy atom. The van der Waals surface area contributed by atoms with E-state index in [1.807, 2.05) is 43.3 Å². The van der Waals surface area contributed by atoms with Gasteiger partial charge < -0.3 is 15.0 Å². The standard InChI is InChI=1S/C21H25N3O3/c1-3-4-12-27-18-9-7-17(8-10-18)24-14-16(13-19(24)25)21(26)23-20-15(2)6-5-11-22-20/h5-11,16H,3-4,12-14H2,1-2H3,(H,22,23,26)/t16-/m0/s1. The normalized spacial score (nSPS) is 16.4. The molecule has 6 nitrogen and oxygen atoms in total. The van der Waals surface area contributed by atoms with Crippen LogP contribution in [0.1, 0.15) is 31.7 Å². The fraction of sp³-hybridized carbons (Fsp3) is 0.381. The van der Waals surface area contributed by atoms with E-state index in [1.54, 1.807) is 11.1 Å². The zero-order valence-corrected chi connectivity index (χ0v) is 15.8. The minimum atomic E-state index is -0.389. The number of carbonyl (C=O) groups excluding carboxylic acids is 2. The summed E-state index contributed by atoms with van der Waals surface area (Å²) in [5.41, 5.74) is 1.68. The van der Waals surface area contributed by atoms with Gasteiger partial charge in [-0.15, -0.1) is 0 Å². The number of unbranched alkanes of at least 4 members (excludes halogenated alkanes) is 1. The molecule has 0 saturated carbocycles. The van der Waals surface area contributed by atoms with Crippen molar-refractivity contribution in [2.75, 3.05) is 23.4 Å². The predicted molar refractivity (Wildman–Crippen MR) is 105 cm³/mol. The van der Waals surface area contributed by atoms with Crippen LogP contribution in [0.25, 0.3) is 0 Å². The molecule has 2 heterocycles. The highest BCUT2D eigenvalue weighted by molar-refractivity contribution is 6.03. The first-order valence-electron chi connectivity index (χ1n) is 9.34. The van der Waals surface area contributed by atoms with Gasteiger partial charge in [0.15, 0.2) is 0 Å². The molecule has 142 valence electrons. The summed E-state index contributed by atoms with van der Waals surface area (Å²) in [6.07, 6.45) is 3.94. The second-order valence-electron chi connectivity index (χ2n) is 6.76. The fourth-order valence-electron chi connectivity index (χ4n) is 3.02. The number of pyridine rings is 1. The average molecular weight is 367 g/mol. The molecule has 1 N–H and O–H groups in total.